The molecule has 0 aromatic carbocycles. The fourth-order valence-electron chi connectivity index (χ4n) is 1.56. The topological polar surface area (TPSA) is 140 Å². The van der Waals surface area contributed by atoms with Crippen molar-refractivity contribution < 1.29 is 25.1 Å². The molecule has 0 radical (unpaired) electrons. The highest BCUT2D eigenvalue weighted by Crippen LogP contribution is 2.28. The number of ether oxygens (including phenoxy) is 1. The van der Waals surface area contributed by atoms with Crippen molar-refractivity contribution in [3.05, 3.63) is 22.7 Å². The molecule has 0 aliphatic carbocycles. The minimum atomic E-state index is -1.48. The molecular weight excluding hydrogens is 234 g/mol. The van der Waals surface area contributed by atoms with Gasteiger partial charge in [-0.05, 0) is 6.07 Å². The van der Waals surface area contributed by atoms with E-state index in [9.17, 15) is 15.0 Å². The van der Waals surface area contributed by atoms with Crippen molar-refractivity contribution in [2.45, 2.75) is 24.7 Å². The van der Waals surface area contributed by atoms with Crippen LogP contribution in [0.4, 0.5) is 5.82 Å². The largest absolute Gasteiger partial charge is 0.385 e. The Morgan fingerprint density at radius 2 is 2.18 bits per heavy atom. The first-order chi connectivity index (χ1) is 8.04. The summed E-state index contributed by atoms with van der Waals surface area (Å²) >= 11 is 0. The quantitative estimate of drug-likeness (QED) is 0.343. The Hall–Kier alpha value is -1.52. The van der Waals surface area contributed by atoms with E-state index in [0.717, 1.165) is 4.57 Å². The molecule has 1 aliphatic heterocycles. The Morgan fingerprint density at radius 3 is 2.71 bits per heavy atom. The molecule has 9 nitrogen and oxygen atoms in total. The Labute approximate surface area is 94.6 Å². The third kappa shape index (κ3) is 2.01. The molecule has 1 fully saturated rings. The van der Waals surface area contributed by atoms with Gasteiger partial charge in [-0.3, -0.25) is 4.57 Å². The van der Waals surface area contributed by atoms with E-state index in [4.69, 9.17) is 15.7 Å². The summed E-state index contributed by atoms with van der Waals surface area (Å²) in [6, 6.07) is 1.33. The number of nitrogens with two attached hydrogens (primary N) is 1. The molecule has 17 heavy (non-hydrogen) atoms. The number of hydrogen-bond acceptors (Lipinski definition) is 8. The van der Waals surface area contributed by atoms with E-state index in [2.05, 4.69) is 9.87 Å². The lowest BCUT2D eigenvalue weighted by Crippen LogP contribution is -2.35. The molecular formula is C8H11N3O6. The summed E-state index contributed by atoms with van der Waals surface area (Å²) in [5.41, 5.74) is 4.55. The van der Waals surface area contributed by atoms with Crippen molar-refractivity contribution in [1.82, 2.24) is 9.55 Å². The van der Waals surface area contributed by atoms with Crippen molar-refractivity contribution in [1.29, 1.82) is 0 Å². The Bertz CT molecular complexity index is 463. The van der Waals surface area contributed by atoms with Crippen LogP contribution in [0.3, 0.4) is 0 Å². The van der Waals surface area contributed by atoms with Gasteiger partial charge in [0.15, 0.2) is 6.23 Å². The smallest absolute Gasteiger partial charge is 0.351 e. The van der Waals surface area contributed by atoms with Crippen LogP contribution in [-0.2, 0) is 9.62 Å². The molecule has 0 spiro atoms. The van der Waals surface area contributed by atoms with E-state index < -0.39 is 30.4 Å². The average molecular weight is 245 g/mol. The highest BCUT2D eigenvalue weighted by molar-refractivity contribution is 5.23. The lowest BCUT2D eigenvalue weighted by molar-refractivity contribution is -0.357. The second-order valence-corrected chi connectivity index (χ2v) is 3.52. The van der Waals surface area contributed by atoms with Gasteiger partial charge in [0.2, 0.25) is 6.29 Å². The predicted molar refractivity (Wildman–Crippen MR) is 52.5 cm³/mol. The second kappa shape index (κ2) is 4.39. The molecule has 1 aromatic heterocycles. The molecule has 1 aromatic rings. The van der Waals surface area contributed by atoms with Gasteiger partial charge in [0.05, 0.1) is 0 Å². The summed E-state index contributed by atoms with van der Waals surface area (Å²) in [5, 5.41) is 27.4. The first-order valence-corrected chi connectivity index (χ1v) is 4.71. The molecule has 0 saturated carbocycles. The van der Waals surface area contributed by atoms with Crippen LogP contribution >= 0.6 is 0 Å². The molecule has 1 saturated heterocycles. The van der Waals surface area contributed by atoms with Crippen LogP contribution in [0, 0.1) is 0 Å². The summed E-state index contributed by atoms with van der Waals surface area (Å²) in [5.74, 6) is 0.0224. The number of aliphatic hydroxyl groups excluding tert-OH is 2. The van der Waals surface area contributed by atoms with Crippen LogP contribution in [0.2, 0.25) is 0 Å². The van der Waals surface area contributed by atoms with Gasteiger partial charge in [0, 0.05) is 6.20 Å². The van der Waals surface area contributed by atoms with Crippen molar-refractivity contribution in [3.8, 4) is 0 Å². The van der Waals surface area contributed by atoms with Crippen LogP contribution in [0.5, 0.6) is 0 Å². The average Bonchev–Trinajstić information content (AvgIpc) is 2.57. The predicted octanol–water partition coefficient (Wildman–Crippen LogP) is -2.11. The minimum Gasteiger partial charge on any atom is -0.385 e. The molecule has 2 rings (SSSR count). The van der Waals surface area contributed by atoms with E-state index in [1.165, 1.54) is 12.3 Å². The van der Waals surface area contributed by atoms with Crippen LogP contribution < -0.4 is 11.4 Å². The number of hydrogen-bond donors (Lipinski definition) is 4. The Kier molecular flexibility index (Phi) is 3.09. The molecule has 0 amide bonds. The molecule has 5 N–H and O–H groups in total. The van der Waals surface area contributed by atoms with Crippen LogP contribution in [0.25, 0.3) is 0 Å². The van der Waals surface area contributed by atoms with Gasteiger partial charge in [0.25, 0.3) is 0 Å². The van der Waals surface area contributed by atoms with Gasteiger partial charge in [-0.1, -0.05) is 0 Å². The van der Waals surface area contributed by atoms with Gasteiger partial charge in [0.1, 0.15) is 18.0 Å². The summed E-state index contributed by atoms with van der Waals surface area (Å²) in [7, 11) is 0. The summed E-state index contributed by atoms with van der Waals surface area (Å²) in [6.45, 7) is 0. The van der Waals surface area contributed by atoms with Gasteiger partial charge < -0.3 is 20.7 Å². The zero-order valence-electron chi connectivity index (χ0n) is 8.50. The first kappa shape index (κ1) is 12.0. The fraction of sp³-hybridized carbons (Fsp3) is 0.500. The summed E-state index contributed by atoms with van der Waals surface area (Å²) < 4.78 is 5.89. The Balaban J connectivity index is 2.32. The maximum absolute atomic E-state index is 11.5. The fourth-order valence-corrected chi connectivity index (χ4v) is 1.56. The van der Waals surface area contributed by atoms with Gasteiger partial charge in [-0.2, -0.15) is 4.98 Å². The van der Waals surface area contributed by atoms with E-state index in [1.54, 1.807) is 0 Å². The minimum absolute atomic E-state index is 0.0224. The SMILES string of the molecule is Nc1ccn(C2OC(OO)C(O)C2O)c(=O)n1. The lowest BCUT2D eigenvalue weighted by atomic mass is 10.2. The first-order valence-electron chi connectivity index (χ1n) is 4.71. The normalized spacial score (nSPS) is 32.9. The molecule has 2 heterocycles. The van der Waals surface area contributed by atoms with Crippen LogP contribution in [-0.4, -0.2) is 43.5 Å². The molecule has 0 bridgehead atoms. The molecule has 9 heteroatoms. The van der Waals surface area contributed by atoms with Crippen molar-refractivity contribution >= 4 is 5.82 Å². The number of aliphatic hydroxyl groups is 2. The maximum atomic E-state index is 11.5. The monoisotopic (exact) mass is 245 g/mol. The van der Waals surface area contributed by atoms with E-state index >= 15 is 0 Å². The molecule has 4 unspecified atom stereocenters. The van der Waals surface area contributed by atoms with Gasteiger partial charge >= 0.3 is 5.69 Å². The molecule has 94 valence electrons. The molecule has 4 atom stereocenters. The second-order valence-electron chi connectivity index (χ2n) is 3.52. The summed E-state index contributed by atoms with van der Waals surface area (Å²) in [6.07, 6.45) is -4.29. The number of rotatable bonds is 2. The Morgan fingerprint density at radius 1 is 1.47 bits per heavy atom. The van der Waals surface area contributed by atoms with Crippen LogP contribution in [0.15, 0.2) is 17.1 Å². The number of aromatic nitrogens is 2. The van der Waals surface area contributed by atoms with Gasteiger partial charge in [-0.25, -0.2) is 14.9 Å². The van der Waals surface area contributed by atoms with Crippen molar-refractivity contribution in [3.63, 3.8) is 0 Å². The third-order valence-corrected chi connectivity index (χ3v) is 2.42. The summed E-state index contributed by atoms with van der Waals surface area (Å²) in [4.78, 5) is 18.7. The van der Waals surface area contributed by atoms with E-state index in [-0.39, 0.29) is 5.82 Å². The highest BCUT2D eigenvalue weighted by atomic mass is 17.1. The zero-order chi connectivity index (χ0) is 12.6. The van der Waals surface area contributed by atoms with Gasteiger partial charge in [-0.15, -0.1) is 0 Å². The van der Waals surface area contributed by atoms with Crippen molar-refractivity contribution in [2.24, 2.45) is 0 Å². The van der Waals surface area contributed by atoms with E-state index in [1.807, 2.05) is 0 Å². The maximum Gasteiger partial charge on any atom is 0.351 e. The number of nitrogen functional groups attached to an aromatic ring is 1. The van der Waals surface area contributed by atoms with E-state index in [0.29, 0.717) is 0 Å². The number of nitrogens with zero attached hydrogens (tertiary/aromatic N) is 2. The number of anilines is 1. The zero-order valence-corrected chi connectivity index (χ0v) is 8.50. The highest BCUT2D eigenvalue weighted by Gasteiger charge is 2.45. The van der Waals surface area contributed by atoms with Crippen molar-refractivity contribution in [2.75, 3.05) is 5.73 Å². The lowest BCUT2D eigenvalue weighted by Gasteiger charge is -2.16. The van der Waals surface area contributed by atoms with Crippen LogP contribution in [0.1, 0.15) is 6.23 Å². The third-order valence-electron chi connectivity index (χ3n) is 2.42. The molecule has 1 aliphatic rings. The standard InChI is InChI=1S/C8H11N3O6/c9-3-1-2-11(8(14)10-3)6-4(12)5(13)7(16-6)17-15/h1-2,4-7,12-13,15H,(H2,9,10,14).